The molecule has 1 nitrogen and oxygen atoms in total. The van der Waals surface area contributed by atoms with Gasteiger partial charge in [0.2, 0.25) is 0 Å². The zero-order chi connectivity index (χ0) is 9.30. The third kappa shape index (κ3) is 2.15. The molecule has 1 aliphatic heterocycles. The van der Waals surface area contributed by atoms with E-state index in [1.54, 1.807) is 11.8 Å². The molecule has 0 amide bonds. The van der Waals surface area contributed by atoms with Gasteiger partial charge >= 0.3 is 0 Å². The lowest BCUT2D eigenvalue weighted by molar-refractivity contribution is 0.824. The molecule has 2 atom stereocenters. The van der Waals surface area contributed by atoms with Crippen molar-refractivity contribution in [3.05, 3.63) is 20.4 Å². The van der Waals surface area contributed by atoms with Crippen LogP contribution in [0.2, 0.25) is 0 Å². The molecule has 12 heavy (non-hydrogen) atoms. The highest BCUT2D eigenvalue weighted by Gasteiger charge is 2.17. The molecule has 0 saturated heterocycles. The number of thioether (sulfide) groups is 1. The van der Waals surface area contributed by atoms with Crippen LogP contribution in [0.1, 0.15) is 20.8 Å². The molecular weight excluding hydrogens is 234 g/mol. The van der Waals surface area contributed by atoms with Gasteiger partial charge in [-0.2, -0.15) is 0 Å². The van der Waals surface area contributed by atoms with Gasteiger partial charge < -0.3 is 5.73 Å². The summed E-state index contributed by atoms with van der Waals surface area (Å²) in [6.07, 6.45) is 2.25. The first kappa shape index (κ1) is 10.4. The highest BCUT2D eigenvalue weighted by Crippen LogP contribution is 2.41. The van der Waals surface area contributed by atoms with Crippen LogP contribution in [0.25, 0.3) is 0 Å². The van der Waals surface area contributed by atoms with E-state index in [2.05, 4.69) is 35.9 Å². The van der Waals surface area contributed by atoms with Gasteiger partial charge in [-0.05, 0) is 41.3 Å². The molecule has 0 aromatic rings. The summed E-state index contributed by atoms with van der Waals surface area (Å²) in [6.45, 7) is 6.36. The molecule has 1 heterocycles. The highest BCUT2D eigenvalue weighted by atomic mass is 79.9. The molecule has 0 aliphatic carbocycles. The first-order chi connectivity index (χ1) is 5.52. The van der Waals surface area contributed by atoms with Gasteiger partial charge in [0.25, 0.3) is 0 Å². The lowest BCUT2D eigenvalue weighted by Gasteiger charge is -2.21. The van der Waals surface area contributed by atoms with Crippen LogP contribution in [-0.2, 0) is 0 Å². The lowest BCUT2D eigenvalue weighted by Crippen LogP contribution is -2.18. The van der Waals surface area contributed by atoms with Gasteiger partial charge in [-0.1, -0.05) is 24.8 Å². The van der Waals surface area contributed by atoms with Crippen LogP contribution in [0.3, 0.4) is 0 Å². The second kappa shape index (κ2) is 3.99. The maximum atomic E-state index is 5.80. The van der Waals surface area contributed by atoms with E-state index in [-0.39, 0.29) is 6.04 Å². The smallest absolute Gasteiger partial charge is 0.0543 e. The molecule has 0 fully saturated rings. The van der Waals surface area contributed by atoms with E-state index in [0.717, 1.165) is 0 Å². The topological polar surface area (TPSA) is 26.0 Å². The minimum absolute atomic E-state index is 0.151. The van der Waals surface area contributed by atoms with E-state index in [0.29, 0.717) is 5.92 Å². The Morgan fingerprint density at radius 1 is 1.67 bits per heavy atom. The molecule has 68 valence electrons. The zero-order valence-corrected chi connectivity index (χ0v) is 10.00. The summed E-state index contributed by atoms with van der Waals surface area (Å²) in [5.74, 6) is 0.515. The molecular formula is C9H14BrNS. The molecule has 1 aliphatic rings. The predicted molar refractivity (Wildman–Crippen MR) is 60.1 cm³/mol. The fourth-order valence-electron chi connectivity index (χ4n) is 1.01. The normalized spacial score (nSPS) is 27.1. The number of hydrogen-bond acceptors (Lipinski definition) is 2. The summed E-state index contributed by atoms with van der Waals surface area (Å²) in [5.41, 5.74) is 7.20. The van der Waals surface area contributed by atoms with Crippen LogP contribution in [0.4, 0.5) is 0 Å². The predicted octanol–water partition coefficient (Wildman–Crippen LogP) is 3.23. The Morgan fingerprint density at radius 3 is 2.67 bits per heavy atom. The number of rotatable bonds is 1. The van der Waals surface area contributed by atoms with E-state index in [9.17, 15) is 0 Å². The number of hydrogen-bond donors (Lipinski definition) is 1. The summed E-state index contributed by atoms with van der Waals surface area (Å²) >= 11 is 5.29. The van der Waals surface area contributed by atoms with Crippen molar-refractivity contribution in [1.29, 1.82) is 0 Å². The van der Waals surface area contributed by atoms with Crippen LogP contribution in [0, 0.1) is 5.92 Å². The highest BCUT2D eigenvalue weighted by molar-refractivity contribution is 9.14. The maximum Gasteiger partial charge on any atom is 0.0543 e. The van der Waals surface area contributed by atoms with Crippen LogP contribution >= 0.6 is 27.7 Å². The Hall–Kier alpha value is 0.270. The van der Waals surface area contributed by atoms with E-state index in [1.807, 2.05) is 6.92 Å². The van der Waals surface area contributed by atoms with Crippen molar-refractivity contribution in [2.45, 2.75) is 26.8 Å². The van der Waals surface area contributed by atoms with Crippen LogP contribution in [-0.4, -0.2) is 6.04 Å². The maximum absolute atomic E-state index is 5.80. The Bertz CT molecular complexity index is 243. The molecule has 2 N–H and O–H groups in total. The summed E-state index contributed by atoms with van der Waals surface area (Å²) in [4.78, 5) is 1.26. The van der Waals surface area contributed by atoms with Crippen LogP contribution in [0.15, 0.2) is 20.4 Å². The Kier molecular flexibility index (Phi) is 3.44. The Morgan fingerprint density at radius 2 is 2.25 bits per heavy atom. The Labute approximate surface area is 86.6 Å². The van der Waals surface area contributed by atoms with Gasteiger partial charge in [0.1, 0.15) is 0 Å². The zero-order valence-electron chi connectivity index (χ0n) is 7.60. The number of allylic oxidation sites excluding steroid dienone is 2. The van der Waals surface area contributed by atoms with E-state index >= 15 is 0 Å². The molecule has 3 heteroatoms. The van der Waals surface area contributed by atoms with Gasteiger partial charge in [0.15, 0.2) is 0 Å². The van der Waals surface area contributed by atoms with Crippen molar-refractivity contribution in [2.24, 2.45) is 11.7 Å². The molecule has 0 saturated carbocycles. The Balaban J connectivity index is 2.83. The SMILES string of the molecule is CC1=C(Br)SC(C(C)N)=CC1C. The average Bonchev–Trinajstić information content (AvgIpc) is 1.99. The molecule has 0 aromatic heterocycles. The van der Waals surface area contributed by atoms with Gasteiger partial charge in [0.05, 0.1) is 3.81 Å². The molecule has 2 unspecified atom stereocenters. The monoisotopic (exact) mass is 247 g/mol. The average molecular weight is 248 g/mol. The van der Waals surface area contributed by atoms with Gasteiger partial charge in [-0.3, -0.25) is 0 Å². The third-order valence-corrected chi connectivity index (χ3v) is 4.42. The van der Waals surface area contributed by atoms with Crippen molar-refractivity contribution in [2.75, 3.05) is 0 Å². The number of halogens is 1. The van der Waals surface area contributed by atoms with Crippen LogP contribution < -0.4 is 5.73 Å². The van der Waals surface area contributed by atoms with Crippen LogP contribution in [0.5, 0.6) is 0 Å². The van der Waals surface area contributed by atoms with Crippen molar-refractivity contribution < 1.29 is 0 Å². The van der Waals surface area contributed by atoms with Crippen molar-refractivity contribution in [1.82, 2.24) is 0 Å². The van der Waals surface area contributed by atoms with E-state index < -0.39 is 0 Å². The molecule has 0 aromatic carbocycles. The van der Waals surface area contributed by atoms with Gasteiger partial charge in [0, 0.05) is 10.9 Å². The molecule has 1 rings (SSSR count). The van der Waals surface area contributed by atoms with Crippen molar-refractivity contribution in [3.63, 3.8) is 0 Å². The summed E-state index contributed by atoms with van der Waals surface area (Å²) in [7, 11) is 0. The standard InChI is InChI=1S/C9H14BrNS/c1-5-4-8(7(3)11)12-9(10)6(5)2/h4-5,7H,11H2,1-3H3. The fourth-order valence-corrected chi connectivity index (χ4v) is 2.95. The summed E-state index contributed by atoms with van der Waals surface area (Å²) in [5, 5.41) is 0. The van der Waals surface area contributed by atoms with Crippen molar-refractivity contribution in [3.8, 4) is 0 Å². The largest absolute Gasteiger partial charge is 0.324 e. The second-order valence-electron chi connectivity index (χ2n) is 3.21. The second-order valence-corrected chi connectivity index (χ2v) is 5.61. The minimum atomic E-state index is 0.151. The molecule has 0 radical (unpaired) electrons. The van der Waals surface area contributed by atoms with Gasteiger partial charge in [-0.15, -0.1) is 0 Å². The summed E-state index contributed by atoms with van der Waals surface area (Å²) < 4.78 is 1.23. The molecule has 0 bridgehead atoms. The van der Waals surface area contributed by atoms with E-state index in [4.69, 9.17) is 5.73 Å². The van der Waals surface area contributed by atoms with E-state index in [1.165, 1.54) is 14.3 Å². The summed E-state index contributed by atoms with van der Waals surface area (Å²) in [6, 6.07) is 0.151. The number of nitrogens with two attached hydrogens (primary N) is 1. The minimum Gasteiger partial charge on any atom is -0.324 e. The van der Waals surface area contributed by atoms with Gasteiger partial charge in [-0.25, -0.2) is 0 Å². The quantitative estimate of drug-likeness (QED) is 0.771. The first-order valence-corrected chi connectivity index (χ1v) is 5.64. The molecule has 0 spiro atoms. The van der Waals surface area contributed by atoms with Crippen molar-refractivity contribution >= 4 is 27.7 Å². The first-order valence-electron chi connectivity index (χ1n) is 4.03. The fraction of sp³-hybridized carbons (Fsp3) is 0.556. The third-order valence-electron chi connectivity index (χ3n) is 2.06. The lowest BCUT2D eigenvalue weighted by atomic mass is 10.0.